The average Bonchev–Trinajstić information content (AvgIpc) is 3.34. The van der Waals surface area contributed by atoms with Gasteiger partial charge in [-0.3, -0.25) is 4.90 Å². The smallest absolute Gasteiger partial charge is 0.414 e. The fourth-order valence-corrected chi connectivity index (χ4v) is 3.61. The second-order valence-electron chi connectivity index (χ2n) is 8.54. The van der Waals surface area contributed by atoms with Crippen LogP contribution in [0, 0.1) is 17.8 Å². The van der Waals surface area contributed by atoms with Crippen molar-refractivity contribution in [2.45, 2.75) is 65.4 Å². The summed E-state index contributed by atoms with van der Waals surface area (Å²) in [5.74, 6) is 1.91. The highest BCUT2D eigenvalue weighted by Crippen LogP contribution is 2.51. The average molecular weight is 329 g/mol. The van der Waals surface area contributed by atoms with Gasteiger partial charge in [0, 0.05) is 12.2 Å². The van der Waals surface area contributed by atoms with E-state index in [1.165, 1.54) is 24.8 Å². The van der Waals surface area contributed by atoms with Gasteiger partial charge in [-0.15, -0.1) is 0 Å². The Kier molecular flexibility index (Phi) is 4.63. The second-order valence-corrected chi connectivity index (χ2v) is 8.54. The molecule has 2 atom stereocenters. The number of hydrogen-bond donors (Lipinski definition) is 0. The van der Waals surface area contributed by atoms with E-state index in [4.69, 9.17) is 4.74 Å². The summed E-state index contributed by atoms with van der Waals surface area (Å²) in [6.45, 7) is 13.0. The van der Waals surface area contributed by atoms with Crippen LogP contribution in [0.2, 0.25) is 0 Å². The third-order valence-corrected chi connectivity index (χ3v) is 5.12. The molecule has 0 aromatic heterocycles. The fourth-order valence-electron chi connectivity index (χ4n) is 3.61. The van der Waals surface area contributed by atoms with Crippen molar-refractivity contribution in [2.24, 2.45) is 17.8 Å². The van der Waals surface area contributed by atoms with Crippen molar-refractivity contribution < 1.29 is 9.53 Å². The number of ether oxygens (including phenoxy) is 1. The maximum Gasteiger partial charge on any atom is 0.414 e. The number of rotatable bonds is 4. The molecular formula is C21H31NO2. The monoisotopic (exact) mass is 329 g/mol. The summed E-state index contributed by atoms with van der Waals surface area (Å²) in [5.41, 5.74) is 3.14. The molecule has 3 rings (SSSR count). The van der Waals surface area contributed by atoms with E-state index in [9.17, 15) is 4.79 Å². The highest BCUT2D eigenvalue weighted by Gasteiger charge is 2.48. The Bertz CT molecular complexity index is 589. The molecule has 2 aliphatic carbocycles. The molecule has 24 heavy (non-hydrogen) atoms. The summed E-state index contributed by atoms with van der Waals surface area (Å²) in [5, 5.41) is 0. The highest BCUT2D eigenvalue weighted by atomic mass is 16.6. The lowest BCUT2D eigenvalue weighted by Crippen LogP contribution is -2.40. The summed E-state index contributed by atoms with van der Waals surface area (Å²) in [7, 11) is 0. The van der Waals surface area contributed by atoms with Crippen LogP contribution in [0.5, 0.6) is 0 Å². The van der Waals surface area contributed by atoms with Crippen LogP contribution in [0.3, 0.4) is 0 Å². The summed E-state index contributed by atoms with van der Waals surface area (Å²) < 4.78 is 5.62. The third kappa shape index (κ3) is 3.93. The van der Waals surface area contributed by atoms with Gasteiger partial charge in [-0.25, -0.2) is 4.79 Å². The molecule has 0 radical (unpaired) electrons. The SMILES string of the molecule is C=C1/C(=C\C=C(/CCC)C2CC2)N(C(=O)OC(C)(C)C)CC2CC12. The minimum atomic E-state index is -0.471. The first-order chi connectivity index (χ1) is 11.3. The largest absolute Gasteiger partial charge is 0.443 e. The highest BCUT2D eigenvalue weighted by molar-refractivity contribution is 5.73. The third-order valence-electron chi connectivity index (χ3n) is 5.12. The lowest BCUT2D eigenvalue weighted by molar-refractivity contribution is 0.0297. The van der Waals surface area contributed by atoms with Gasteiger partial charge in [-0.2, -0.15) is 0 Å². The van der Waals surface area contributed by atoms with Crippen LogP contribution in [0.1, 0.15) is 59.8 Å². The quantitative estimate of drug-likeness (QED) is 0.686. The van der Waals surface area contributed by atoms with Gasteiger partial charge in [0.05, 0.1) is 0 Å². The summed E-state index contributed by atoms with van der Waals surface area (Å²) in [6.07, 6.45) is 10.3. The molecule has 1 amide bonds. The molecule has 3 fully saturated rings. The molecule has 0 aromatic rings. The maximum absolute atomic E-state index is 12.7. The van der Waals surface area contributed by atoms with Gasteiger partial charge in [-0.1, -0.05) is 31.6 Å². The van der Waals surface area contributed by atoms with Gasteiger partial charge in [0.1, 0.15) is 5.60 Å². The van der Waals surface area contributed by atoms with Gasteiger partial charge in [0.2, 0.25) is 0 Å². The van der Waals surface area contributed by atoms with Crippen LogP contribution in [0.15, 0.2) is 35.6 Å². The van der Waals surface area contributed by atoms with Gasteiger partial charge in [-0.05, 0) is 75.9 Å². The second kappa shape index (κ2) is 6.42. The molecule has 0 N–H and O–H groups in total. The van der Waals surface area contributed by atoms with Crippen LogP contribution >= 0.6 is 0 Å². The van der Waals surface area contributed by atoms with E-state index in [0.717, 1.165) is 36.6 Å². The van der Waals surface area contributed by atoms with Crippen LogP contribution in [0.25, 0.3) is 0 Å². The Balaban J connectivity index is 1.83. The predicted molar refractivity (Wildman–Crippen MR) is 97.5 cm³/mol. The number of amides is 1. The summed E-state index contributed by atoms with van der Waals surface area (Å²) in [6, 6.07) is 0. The van der Waals surface area contributed by atoms with Gasteiger partial charge >= 0.3 is 6.09 Å². The molecule has 0 spiro atoms. The molecule has 1 aliphatic heterocycles. The number of nitrogens with zero attached hydrogens (tertiary/aromatic N) is 1. The van der Waals surface area contributed by atoms with Crippen molar-refractivity contribution in [1.82, 2.24) is 4.90 Å². The van der Waals surface area contributed by atoms with Crippen molar-refractivity contribution in [3.05, 3.63) is 35.6 Å². The lowest BCUT2D eigenvalue weighted by Gasteiger charge is -2.32. The van der Waals surface area contributed by atoms with E-state index >= 15 is 0 Å². The molecule has 2 unspecified atom stereocenters. The van der Waals surface area contributed by atoms with Crippen LogP contribution < -0.4 is 0 Å². The first-order valence-corrected chi connectivity index (χ1v) is 9.40. The van der Waals surface area contributed by atoms with Crippen molar-refractivity contribution in [2.75, 3.05) is 6.54 Å². The fraction of sp³-hybridized carbons (Fsp3) is 0.667. The minimum Gasteiger partial charge on any atom is -0.443 e. The van der Waals surface area contributed by atoms with Crippen molar-refractivity contribution >= 4 is 6.09 Å². The van der Waals surface area contributed by atoms with E-state index in [1.807, 2.05) is 25.7 Å². The van der Waals surface area contributed by atoms with E-state index in [-0.39, 0.29) is 6.09 Å². The summed E-state index contributed by atoms with van der Waals surface area (Å²) >= 11 is 0. The van der Waals surface area contributed by atoms with Crippen molar-refractivity contribution in [3.63, 3.8) is 0 Å². The Morgan fingerprint density at radius 1 is 1.38 bits per heavy atom. The van der Waals surface area contributed by atoms with E-state index in [1.54, 1.807) is 0 Å². The topological polar surface area (TPSA) is 29.5 Å². The number of hydrogen-bond acceptors (Lipinski definition) is 2. The van der Waals surface area contributed by atoms with Crippen molar-refractivity contribution in [3.8, 4) is 0 Å². The molecule has 0 aromatic carbocycles. The molecule has 1 saturated heterocycles. The number of likely N-dealkylation sites (tertiary alicyclic amines) is 1. The molecule has 0 bridgehead atoms. The maximum atomic E-state index is 12.7. The zero-order valence-corrected chi connectivity index (χ0v) is 15.6. The number of piperidine rings is 1. The zero-order valence-electron chi connectivity index (χ0n) is 15.6. The van der Waals surface area contributed by atoms with E-state index in [2.05, 4.69) is 25.7 Å². The Hall–Kier alpha value is -1.51. The van der Waals surface area contributed by atoms with Crippen molar-refractivity contribution in [1.29, 1.82) is 0 Å². The van der Waals surface area contributed by atoms with Crippen LogP contribution in [-0.2, 0) is 4.74 Å². The van der Waals surface area contributed by atoms with Crippen LogP contribution in [0.4, 0.5) is 4.79 Å². The summed E-state index contributed by atoms with van der Waals surface area (Å²) in [4.78, 5) is 14.5. The standard InChI is InChI=1S/C21H31NO2/c1-6-7-15(16-8-9-16)10-11-19-14(2)18-12-17(18)13-22(19)20(23)24-21(3,4)5/h10-11,16-18H,2,6-9,12-13H2,1,3-5H3/b15-10+,19-11+. The van der Waals surface area contributed by atoms with E-state index in [0.29, 0.717) is 11.8 Å². The molecule has 1 heterocycles. The molecule has 3 heteroatoms. The predicted octanol–water partition coefficient (Wildman–Crippen LogP) is 5.45. The number of allylic oxidation sites excluding steroid dienone is 4. The minimum absolute atomic E-state index is 0.239. The Morgan fingerprint density at radius 2 is 2.08 bits per heavy atom. The molecule has 3 aliphatic rings. The number of fused-ring (bicyclic) bond motifs is 1. The van der Waals surface area contributed by atoms with Gasteiger partial charge in [0.15, 0.2) is 0 Å². The molecular weight excluding hydrogens is 298 g/mol. The molecule has 132 valence electrons. The van der Waals surface area contributed by atoms with Crippen LogP contribution in [-0.4, -0.2) is 23.1 Å². The molecule has 3 nitrogen and oxygen atoms in total. The normalized spacial score (nSPS) is 28.8. The number of carbonyl (C=O) groups excluding carboxylic acids is 1. The Labute approximate surface area is 146 Å². The van der Waals surface area contributed by atoms with Gasteiger partial charge in [0.25, 0.3) is 0 Å². The lowest BCUT2D eigenvalue weighted by atomic mass is 10.00. The zero-order chi connectivity index (χ0) is 17.5. The van der Waals surface area contributed by atoms with E-state index < -0.39 is 5.60 Å². The van der Waals surface area contributed by atoms with Gasteiger partial charge < -0.3 is 4.74 Å². The first-order valence-electron chi connectivity index (χ1n) is 9.40. The first kappa shape index (κ1) is 17.3. The Morgan fingerprint density at radius 3 is 2.67 bits per heavy atom. The number of carbonyl (C=O) groups is 1. The molecule has 2 saturated carbocycles.